The van der Waals surface area contributed by atoms with Crippen molar-refractivity contribution in [3.05, 3.63) is 34.2 Å². The van der Waals surface area contributed by atoms with E-state index in [2.05, 4.69) is 19.5 Å². The van der Waals surface area contributed by atoms with Crippen LogP contribution in [0.5, 0.6) is 11.5 Å². The summed E-state index contributed by atoms with van der Waals surface area (Å²) in [4.78, 5) is 17.3. The Labute approximate surface area is 142 Å². The van der Waals surface area contributed by atoms with Gasteiger partial charge in [-0.3, -0.25) is 4.79 Å². The number of rotatable bonds is 5. The molecule has 3 unspecified atom stereocenters. The van der Waals surface area contributed by atoms with Crippen LogP contribution in [0.4, 0.5) is 0 Å². The standard InChI is InChI=1S/C15H19N4O4P/c16-18-17-13(15(20)19-5-1-2-6-19)14(23-24)10-3-4-11-12(9-10)22-8-7-21-11/h3-4,9,13-14H,1-2,5-8,24H2. The zero-order valence-electron chi connectivity index (χ0n) is 13.1. The Balaban J connectivity index is 1.89. The van der Waals surface area contributed by atoms with Crippen molar-refractivity contribution in [3.63, 3.8) is 0 Å². The minimum absolute atomic E-state index is 0.215. The first-order valence-corrected chi connectivity index (χ1v) is 8.30. The van der Waals surface area contributed by atoms with E-state index in [-0.39, 0.29) is 5.91 Å². The number of ether oxygens (including phenoxy) is 2. The molecule has 0 N–H and O–H groups in total. The highest BCUT2D eigenvalue weighted by molar-refractivity contribution is 7.09. The summed E-state index contributed by atoms with van der Waals surface area (Å²) in [5, 5.41) is 3.71. The van der Waals surface area contributed by atoms with Crippen molar-refractivity contribution in [3.8, 4) is 11.5 Å². The third-order valence-electron chi connectivity index (χ3n) is 4.17. The minimum atomic E-state index is -0.965. The second kappa shape index (κ2) is 7.71. The number of hydrogen-bond acceptors (Lipinski definition) is 5. The van der Waals surface area contributed by atoms with E-state index in [1.54, 1.807) is 23.1 Å². The fourth-order valence-electron chi connectivity index (χ4n) is 2.99. The molecule has 2 aliphatic heterocycles. The third-order valence-corrected chi connectivity index (χ3v) is 4.47. The summed E-state index contributed by atoms with van der Waals surface area (Å²) >= 11 is 0. The van der Waals surface area contributed by atoms with Crippen LogP contribution >= 0.6 is 9.47 Å². The first-order valence-electron chi connectivity index (χ1n) is 7.82. The molecule has 24 heavy (non-hydrogen) atoms. The number of amides is 1. The lowest BCUT2D eigenvalue weighted by atomic mass is 10.0. The van der Waals surface area contributed by atoms with Gasteiger partial charge in [-0.05, 0) is 36.1 Å². The molecule has 0 saturated carbocycles. The molecule has 1 fully saturated rings. The lowest BCUT2D eigenvalue weighted by molar-refractivity contribution is -0.133. The number of carbonyl (C=O) groups is 1. The van der Waals surface area contributed by atoms with Crippen LogP contribution in [0, 0.1) is 0 Å². The molecule has 2 heterocycles. The maximum absolute atomic E-state index is 12.7. The Morgan fingerprint density at radius 2 is 2.00 bits per heavy atom. The smallest absolute Gasteiger partial charge is 0.234 e. The van der Waals surface area contributed by atoms with Crippen molar-refractivity contribution in [2.45, 2.75) is 25.0 Å². The van der Waals surface area contributed by atoms with Crippen LogP contribution in [0.2, 0.25) is 0 Å². The first kappa shape index (κ1) is 16.8. The zero-order valence-corrected chi connectivity index (χ0v) is 14.3. The lowest BCUT2D eigenvalue weighted by Gasteiger charge is -2.27. The second-order valence-electron chi connectivity index (χ2n) is 5.64. The largest absolute Gasteiger partial charge is 0.486 e. The van der Waals surface area contributed by atoms with Gasteiger partial charge in [0.05, 0.1) is 0 Å². The molecular formula is C15H19N4O4P. The van der Waals surface area contributed by atoms with E-state index in [0.29, 0.717) is 43.4 Å². The van der Waals surface area contributed by atoms with Crippen LogP contribution < -0.4 is 9.47 Å². The number of fused-ring (bicyclic) bond motifs is 1. The predicted molar refractivity (Wildman–Crippen MR) is 89.7 cm³/mol. The molecule has 1 saturated heterocycles. The van der Waals surface area contributed by atoms with Crippen molar-refractivity contribution >= 4 is 15.4 Å². The topological polar surface area (TPSA) is 96.8 Å². The molecule has 0 radical (unpaired) electrons. The van der Waals surface area contributed by atoms with Gasteiger partial charge in [-0.1, -0.05) is 11.2 Å². The molecule has 0 spiro atoms. The summed E-state index contributed by atoms with van der Waals surface area (Å²) in [6.45, 7) is 2.34. The highest BCUT2D eigenvalue weighted by Gasteiger charge is 2.34. The third kappa shape index (κ3) is 3.41. The molecular weight excluding hydrogens is 331 g/mol. The van der Waals surface area contributed by atoms with E-state index in [0.717, 1.165) is 12.8 Å². The summed E-state index contributed by atoms with van der Waals surface area (Å²) in [6.07, 6.45) is 1.21. The summed E-state index contributed by atoms with van der Waals surface area (Å²) in [5.41, 5.74) is 9.59. The Kier molecular flexibility index (Phi) is 5.41. The van der Waals surface area contributed by atoms with Crippen molar-refractivity contribution in [2.24, 2.45) is 5.11 Å². The summed E-state index contributed by atoms with van der Waals surface area (Å²) < 4.78 is 16.5. The summed E-state index contributed by atoms with van der Waals surface area (Å²) in [6, 6.07) is 4.36. The monoisotopic (exact) mass is 350 g/mol. The number of carbonyl (C=O) groups excluding carboxylic acids is 1. The molecule has 0 aromatic heterocycles. The fraction of sp³-hybridized carbons (Fsp3) is 0.533. The number of benzene rings is 1. The highest BCUT2D eigenvalue weighted by Crippen LogP contribution is 2.36. The van der Waals surface area contributed by atoms with Gasteiger partial charge in [0.1, 0.15) is 25.4 Å². The Bertz CT molecular complexity index is 659. The second-order valence-corrected chi connectivity index (χ2v) is 5.91. The molecule has 3 atom stereocenters. The van der Waals surface area contributed by atoms with Gasteiger partial charge in [0.2, 0.25) is 5.91 Å². The number of hydrogen-bond donors (Lipinski definition) is 0. The molecule has 8 nitrogen and oxygen atoms in total. The molecule has 3 rings (SSSR count). The Morgan fingerprint density at radius 1 is 1.29 bits per heavy atom. The van der Waals surface area contributed by atoms with E-state index in [1.807, 2.05) is 0 Å². The van der Waals surface area contributed by atoms with Gasteiger partial charge in [0, 0.05) is 27.5 Å². The van der Waals surface area contributed by atoms with Gasteiger partial charge in [-0.25, -0.2) is 0 Å². The normalized spacial score (nSPS) is 18.6. The van der Waals surface area contributed by atoms with Crippen LogP contribution in [0.1, 0.15) is 24.5 Å². The van der Waals surface area contributed by atoms with Crippen LogP contribution in [-0.4, -0.2) is 43.2 Å². The average Bonchev–Trinajstić information content (AvgIpc) is 3.15. The van der Waals surface area contributed by atoms with Gasteiger partial charge in [-0.2, -0.15) is 0 Å². The lowest BCUT2D eigenvalue weighted by Crippen LogP contribution is -2.39. The quantitative estimate of drug-likeness (QED) is 0.353. The van der Waals surface area contributed by atoms with E-state index in [1.165, 1.54) is 0 Å². The van der Waals surface area contributed by atoms with Gasteiger partial charge < -0.3 is 18.9 Å². The maximum Gasteiger partial charge on any atom is 0.234 e. The van der Waals surface area contributed by atoms with Crippen molar-refractivity contribution in [2.75, 3.05) is 26.3 Å². The number of nitrogens with zero attached hydrogens (tertiary/aromatic N) is 4. The van der Waals surface area contributed by atoms with Gasteiger partial charge in [-0.15, -0.1) is 0 Å². The SMILES string of the molecule is [N-]=[N+]=NC(C(=O)N1CCCC1)C(OP)c1ccc2c(c1)OCCO2. The van der Waals surface area contributed by atoms with Crippen molar-refractivity contribution in [1.82, 2.24) is 4.90 Å². The summed E-state index contributed by atoms with van der Waals surface area (Å²) in [7, 11) is 2.15. The van der Waals surface area contributed by atoms with Crippen LogP contribution in [0.3, 0.4) is 0 Å². The molecule has 9 heteroatoms. The molecule has 0 aliphatic carbocycles. The predicted octanol–water partition coefficient (Wildman–Crippen LogP) is 2.61. The van der Waals surface area contributed by atoms with Crippen LogP contribution in [0.15, 0.2) is 23.3 Å². The highest BCUT2D eigenvalue weighted by atomic mass is 31.0. The van der Waals surface area contributed by atoms with E-state index < -0.39 is 12.1 Å². The molecule has 1 aromatic carbocycles. The molecule has 2 aliphatic rings. The van der Waals surface area contributed by atoms with Crippen molar-refractivity contribution in [1.29, 1.82) is 0 Å². The van der Waals surface area contributed by atoms with Crippen LogP contribution in [0.25, 0.3) is 10.4 Å². The number of azide groups is 1. The Morgan fingerprint density at radius 3 is 2.67 bits per heavy atom. The molecule has 0 bridgehead atoms. The Hall–Kier alpha value is -2.01. The van der Waals surface area contributed by atoms with Crippen molar-refractivity contribution < 1.29 is 18.8 Å². The van der Waals surface area contributed by atoms with E-state index >= 15 is 0 Å². The van der Waals surface area contributed by atoms with Gasteiger partial charge in [0.25, 0.3) is 0 Å². The molecule has 128 valence electrons. The average molecular weight is 350 g/mol. The van der Waals surface area contributed by atoms with E-state index in [4.69, 9.17) is 19.5 Å². The van der Waals surface area contributed by atoms with Gasteiger partial charge >= 0.3 is 0 Å². The number of likely N-dealkylation sites (tertiary alicyclic amines) is 1. The summed E-state index contributed by atoms with van der Waals surface area (Å²) in [5.74, 6) is 1.03. The maximum atomic E-state index is 12.7. The minimum Gasteiger partial charge on any atom is -0.486 e. The van der Waals surface area contributed by atoms with Crippen LogP contribution in [-0.2, 0) is 9.32 Å². The van der Waals surface area contributed by atoms with Gasteiger partial charge in [0.15, 0.2) is 11.5 Å². The molecule has 1 amide bonds. The fourth-order valence-corrected chi connectivity index (χ4v) is 3.30. The zero-order chi connectivity index (χ0) is 16.9. The molecule has 1 aromatic rings. The van der Waals surface area contributed by atoms with E-state index in [9.17, 15) is 4.79 Å². The first-order chi connectivity index (χ1) is 11.7.